The highest BCUT2D eigenvalue weighted by Crippen LogP contribution is 1.85. The third-order valence-corrected chi connectivity index (χ3v) is 2.22. The first-order valence-electron chi connectivity index (χ1n) is 5.77. The molecular formula is C11H24N2O3. The Labute approximate surface area is 97.9 Å². The summed E-state index contributed by atoms with van der Waals surface area (Å²) in [7, 11) is 1.63. The first-order chi connectivity index (χ1) is 7.70. The molecule has 0 saturated carbocycles. The van der Waals surface area contributed by atoms with Crippen LogP contribution in [0.2, 0.25) is 0 Å². The van der Waals surface area contributed by atoms with E-state index in [-0.39, 0.29) is 5.91 Å². The third-order valence-electron chi connectivity index (χ3n) is 2.22. The molecule has 16 heavy (non-hydrogen) atoms. The van der Waals surface area contributed by atoms with Crippen molar-refractivity contribution in [3.63, 3.8) is 0 Å². The van der Waals surface area contributed by atoms with Crippen LogP contribution in [0, 0.1) is 0 Å². The van der Waals surface area contributed by atoms with Gasteiger partial charge >= 0.3 is 0 Å². The summed E-state index contributed by atoms with van der Waals surface area (Å²) in [5.41, 5.74) is 0. The van der Waals surface area contributed by atoms with Crippen LogP contribution >= 0.6 is 0 Å². The third kappa shape index (κ3) is 9.89. The molecule has 0 aliphatic carbocycles. The van der Waals surface area contributed by atoms with E-state index >= 15 is 0 Å². The van der Waals surface area contributed by atoms with Gasteiger partial charge in [0.1, 0.15) is 0 Å². The molecule has 0 aromatic rings. The Morgan fingerprint density at radius 3 is 2.69 bits per heavy atom. The second-order valence-electron chi connectivity index (χ2n) is 3.65. The average Bonchev–Trinajstić information content (AvgIpc) is 2.30. The number of amides is 1. The highest BCUT2D eigenvalue weighted by molar-refractivity contribution is 5.77. The molecule has 0 saturated heterocycles. The van der Waals surface area contributed by atoms with E-state index in [0.717, 1.165) is 6.42 Å². The predicted molar refractivity (Wildman–Crippen MR) is 63.5 cm³/mol. The number of hydrogen-bond donors (Lipinski definition) is 2. The van der Waals surface area contributed by atoms with Crippen molar-refractivity contribution in [2.75, 3.05) is 40.0 Å². The second-order valence-corrected chi connectivity index (χ2v) is 3.65. The van der Waals surface area contributed by atoms with Crippen LogP contribution < -0.4 is 10.6 Å². The number of rotatable bonds is 10. The first-order valence-corrected chi connectivity index (χ1v) is 5.77. The lowest BCUT2D eigenvalue weighted by molar-refractivity contribution is -0.120. The number of carbonyl (C=O) groups excluding carboxylic acids is 1. The topological polar surface area (TPSA) is 59.6 Å². The van der Waals surface area contributed by atoms with Crippen molar-refractivity contribution in [3.8, 4) is 0 Å². The molecule has 0 fully saturated rings. The normalized spacial score (nSPS) is 12.4. The van der Waals surface area contributed by atoms with Crippen molar-refractivity contribution in [1.82, 2.24) is 10.6 Å². The molecule has 0 spiro atoms. The molecule has 1 unspecified atom stereocenters. The molecule has 0 aliphatic heterocycles. The van der Waals surface area contributed by atoms with E-state index in [0.29, 0.717) is 39.0 Å². The largest absolute Gasteiger partial charge is 0.382 e. The van der Waals surface area contributed by atoms with Gasteiger partial charge in [-0.1, -0.05) is 6.92 Å². The molecule has 0 bridgehead atoms. The molecule has 0 aromatic heterocycles. The molecule has 0 aromatic carbocycles. The minimum absolute atomic E-state index is 0.00985. The van der Waals surface area contributed by atoms with Gasteiger partial charge in [-0.2, -0.15) is 0 Å². The highest BCUT2D eigenvalue weighted by atomic mass is 16.5. The Morgan fingerprint density at radius 2 is 2.06 bits per heavy atom. The Kier molecular flexibility index (Phi) is 10.4. The van der Waals surface area contributed by atoms with Crippen LogP contribution in [-0.2, 0) is 14.3 Å². The van der Waals surface area contributed by atoms with Crippen LogP contribution in [0.1, 0.15) is 20.3 Å². The van der Waals surface area contributed by atoms with Crippen LogP contribution in [0.15, 0.2) is 0 Å². The van der Waals surface area contributed by atoms with Crippen molar-refractivity contribution in [1.29, 1.82) is 0 Å². The van der Waals surface area contributed by atoms with Gasteiger partial charge in [0.15, 0.2) is 0 Å². The number of hydrogen-bond acceptors (Lipinski definition) is 4. The van der Waals surface area contributed by atoms with E-state index in [9.17, 15) is 4.79 Å². The van der Waals surface area contributed by atoms with Crippen molar-refractivity contribution >= 4 is 5.91 Å². The van der Waals surface area contributed by atoms with Crippen molar-refractivity contribution in [2.24, 2.45) is 0 Å². The van der Waals surface area contributed by atoms with Crippen LogP contribution in [-0.4, -0.2) is 52.0 Å². The number of carbonyl (C=O) groups is 1. The van der Waals surface area contributed by atoms with Crippen molar-refractivity contribution in [3.05, 3.63) is 0 Å². The Morgan fingerprint density at radius 1 is 1.31 bits per heavy atom. The van der Waals surface area contributed by atoms with Gasteiger partial charge in [-0.3, -0.25) is 4.79 Å². The minimum Gasteiger partial charge on any atom is -0.382 e. The zero-order chi connectivity index (χ0) is 12.2. The molecule has 96 valence electrons. The summed E-state index contributed by atoms with van der Waals surface area (Å²) in [6.45, 7) is 6.73. The van der Waals surface area contributed by atoms with Gasteiger partial charge in [0.25, 0.3) is 0 Å². The fourth-order valence-corrected chi connectivity index (χ4v) is 0.981. The summed E-state index contributed by atoms with van der Waals surface area (Å²) in [4.78, 5) is 11.3. The van der Waals surface area contributed by atoms with Gasteiger partial charge < -0.3 is 20.1 Å². The number of nitrogens with one attached hydrogen (secondary N) is 2. The molecule has 2 N–H and O–H groups in total. The first kappa shape index (κ1) is 15.3. The molecule has 1 atom stereocenters. The van der Waals surface area contributed by atoms with Crippen LogP contribution in [0.5, 0.6) is 0 Å². The molecular weight excluding hydrogens is 208 g/mol. The summed E-state index contributed by atoms with van der Waals surface area (Å²) >= 11 is 0. The second kappa shape index (κ2) is 10.9. The van der Waals surface area contributed by atoms with E-state index < -0.39 is 0 Å². The lowest BCUT2D eigenvalue weighted by Gasteiger charge is -2.11. The lowest BCUT2D eigenvalue weighted by atomic mass is 10.2. The quantitative estimate of drug-likeness (QED) is 0.527. The molecule has 0 heterocycles. The molecule has 5 heteroatoms. The summed E-state index contributed by atoms with van der Waals surface area (Å²) in [5, 5.41) is 5.89. The van der Waals surface area contributed by atoms with E-state index in [2.05, 4.69) is 24.5 Å². The Balaban J connectivity index is 3.24. The standard InChI is InChI=1S/C11H24N2O3/c1-4-10(2)13-9-11(14)12-5-6-16-8-7-15-3/h10,13H,4-9H2,1-3H3,(H,12,14). The summed E-state index contributed by atoms with van der Waals surface area (Å²) in [6.07, 6.45) is 1.02. The SMILES string of the molecule is CCC(C)NCC(=O)NCCOCCOC. The molecule has 0 rings (SSSR count). The van der Waals surface area contributed by atoms with Crippen molar-refractivity contribution < 1.29 is 14.3 Å². The van der Waals surface area contributed by atoms with Gasteiger partial charge in [-0.05, 0) is 13.3 Å². The fourth-order valence-electron chi connectivity index (χ4n) is 0.981. The summed E-state index contributed by atoms with van der Waals surface area (Å²) < 4.78 is 10.0. The van der Waals surface area contributed by atoms with Crippen LogP contribution in [0.3, 0.4) is 0 Å². The van der Waals surface area contributed by atoms with E-state index in [4.69, 9.17) is 9.47 Å². The molecule has 5 nitrogen and oxygen atoms in total. The number of methoxy groups -OCH3 is 1. The fraction of sp³-hybridized carbons (Fsp3) is 0.909. The van der Waals surface area contributed by atoms with E-state index in [1.807, 2.05) is 0 Å². The lowest BCUT2D eigenvalue weighted by Crippen LogP contribution is -2.39. The van der Waals surface area contributed by atoms with Crippen LogP contribution in [0.25, 0.3) is 0 Å². The molecule has 0 radical (unpaired) electrons. The van der Waals surface area contributed by atoms with Gasteiger partial charge in [0, 0.05) is 19.7 Å². The van der Waals surface area contributed by atoms with Gasteiger partial charge in [-0.15, -0.1) is 0 Å². The maximum Gasteiger partial charge on any atom is 0.234 e. The van der Waals surface area contributed by atoms with E-state index in [1.54, 1.807) is 7.11 Å². The molecule has 1 amide bonds. The summed E-state index contributed by atoms with van der Waals surface area (Å²) in [6, 6.07) is 0.378. The zero-order valence-corrected chi connectivity index (χ0v) is 10.5. The van der Waals surface area contributed by atoms with Gasteiger partial charge in [-0.25, -0.2) is 0 Å². The average molecular weight is 232 g/mol. The molecule has 0 aliphatic rings. The number of ether oxygens (including phenoxy) is 2. The Hall–Kier alpha value is -0.650. The monoisotopic (exact) mass is 232 g/mol. The zero-order valence-electron chi connectivity index (χ0n) is 10.5. The van der Waals surface area contributed by atoms with Gasteiger partial charge in [0.2, 0.25) is 5.91 Å². The van der Waals surface area contributed by atoms with Crippen molar-refractivity contribution in [2.45, 2.75) is 26.3 Å². The van der Waals surface area contributed by atoms with Gasteiger partial charge in [0.05, 0.1) is 26.4 Å². The highest BCUT2D eigenvalue weighted by Gasteiger charge is 2.02. The Bertz CT molecular complexity index is 177. The smallest absolute Gasteiger partial charge is 0.234 e. The van der Waals surface area contributed by atoms with Crippen LogP contribution in [0.4, 0.5) is 0 Å². The minimum atomic E-state index is 0.00985. The summed E-state index contributed by atoms with van der Waals surface area (Å²) in [5.74, 6) is 0.00985. The van der Waals surface area contributed by atoms with E-state index in [1.165, 1.54) is 0 Å². The maximum absolute atomic E-state index is 11.3. The predicted octanol–water partition coefficient (Wildman–Crippen LogP) is 0.154. The maximum atomic E-state index is 11.3.